The molecule has 2 aromatic carbocycles. The summed E-state index contributed by atoms with van der Waals surface area (Å²) in [4.78, 5) is 12.5. The first-order chi connectivity index (χ1) is 14.3. The lowest BCUT2D eigenvalue weighted by atomic mass is 10.0. The van der Waals surface area contributed by atoms with Crippen molar-refractivity contribution >= 4 is 23.4 Å². The minimum Gasteiger partial charge on any atom is -0.376 e. The van der Waals surface area contributed by atoms with E-state index in [0.29, 0.717) is 18.7 Å². The molecule has 0 saturated carbocycles. The van der Waals surface area contributed by atoms with Gasteiger partial charge in [0.2, 0.25) is 11.1 Å². The Balaban J connectivity index is 1.31. The monoisotopic (exact) mass is 409 g/mol. The molecule has 0 spiro atoms. The molecule has 1 atom stereocenters. The second-order valence-corrected chi connectivity index (χ2v) is 7.90. The van der Waals surface area contributed by atoms with Gasteiger partial charge in [0.15, 0.2) is 0 Å². The van der Waals surface area contributed by atoms with Crippen molar-refractivity contribution in [2.45, 2.75) is 37.1 Å². The molecule has 1 amide bonds. The van der Waals surface area contributed by atoms with Gasteiger partial charge in [0.25, 0.3) is 0 Å². The van der Waals surface area contributed by atoms with Gasteiger partial charge in [-0.05, 0) is 34.9 Å². The molecule has 1 aliphatic heterocycles. The summed E-state index contributed by atoms with van der Waals surface area (Å²) >= 11 is 1.49. The Bertz CT molecular complexity index is 941. The fourth-order valence-electron chi connectivity index (χ4n) is 3.30. The highest BCUT2D eigenvalue weighted by Crippen LogP contribution is 2.28. The molecule has 1 fully saturated rings. The topological polar surface area (TPSA) is 81.9 Å². The second-order valence-electron chi connectivity index (χ2n) is 6.84. The smallest absolute Gasteiger partial charge is 0.225 e. The molecule has 2 heterocycles. The maximum absolute atomic E-state index is 12.5. The number of ether oxygens (including phenoxy) is 1. The van der Waals surface area contributed by atoms with Crippen LogP contribution in [-0.4, -0.2) is 44.6 Å². The lowest BCUT2D eigenvalue weighted by molar-refractivity contribution is -0.115. The van der Waals surface area contributed by atoms with Gasteiger partial charge in [0.05, 0.1) is 12.6 Å². The Kier molecular flexibility index (Phi) is 6.53. The molecular weight excluding hydrogens is 386 g/mol. The molecule has 4 rings (SSSR count). The molecule has 1 aromatic heterocycles. The molecule has 8 heteroatoms. The predicted molar refractivity (Wildman–Crippen MR) is 113 cm³/mol. The number of nitrogens with zero attached hydrogens (tertiary/aromatic N) is 4. The Labute approximate surface area is 173 Å². The summed E-state index contributed by atoms with van der Waals surface area (Å²) in [5, 5.41) is 15.6. The van der Waals surface area contributed by atoms with Crippen molar-refractivity contribution in [1.82, 2.24) is 20.2 Å². The molecule has 1 aliphatic rings. The fraction of sp³-hybridized carbons (Fsp3) is 0.333. The van der Waals surface area contributed by atoms with E-state index >= 15 is 0 Å². The van der Waals surface area contributed by atoms with Crippen molar-refractivity contribution < 1.29 is 9.53 Å². The van der Waals surface area contributed by atoms with E-state index in [9.17, 15) is 4.79 Å². The van der Waals surface area contributed by atoms with E-state index in [1.807, 2.05) is 54.6 Å². The SMILES string of the molecule is O=C(CCSc1nnnn1CC1CCCO1)Nc1ccccc1-c1ccccc1. The summed E-state index contributed by atoms with van der Waals surface area (Å²) in [6.07, 6.45) is 2.67. The van der Waals surface area contributed by atoms with E-state index in [1.54, 1.807) is 4.68 Å². The van der Waals surface area contributed by atoms with Gasteiger partial charge in [-0.2, -0.15) is 0 Å². The number of tetrazole rings is 1. The minimum atomic E-state index is -0.0287. The minimum absolute atomic E-state index is 0.0287. The van der Waals surface area contributed by atoms with Gasteiger partial charge in [-0.1, -0.05) is 60.3 Å². The van der Waals surface area contributed by atoms with Crippen LogP contribution in [-0.2, 0) is 16.1 Å². The number of para-hydroxylation sites is 1. The third-order valence-electron chi connectivity index (χ3n) is 4.75. The van der Waals surface area contributed by atoms with Gasteiger partial charge >= 0.3 is 0 Å². The number of nitrogens with one attached hydrogen (secondary N) is 1. The van der Waals surface area contributed by atoms with E-state index in [1.165, 1.54) is 11.8 Å². The molecule has 0 bridgehead atoms. The number of thioether (sulfide) groups is 1. The number of rotatable bonds is 8. The normalized spacial score (nSPS) is 16.1. The standard InChI is InChI=1S/C21H23N5O2S/c27-20(22-19-11-5-4-10-18(19)16-7-2-1-3-8-16)12-14-29-21-23-24-25-26(21)15-17-9-6-13-28-17/h1-5,7-8,10-11,17H,6,9,12-15H2,(H,22,27). The van der Waals surface area contributed by atoms with Crippen LogP contribution < -0.4 is 5.32 Å². The highest BCUT2D eigenvalue weighted by molar-refractivity contribution is 7.99. The summed E-state index contributed by atoms with van der Waals surface area (Å²) in [5.41, 5.74) is 2.90. The number of hydrogen-bond donors (Lipinski definition) is 1. The van der Waals surface area contributed by atoms with Crippen molar-refractivity contribution in [3.8, 4) is 11.1 Å². The third-order valence-corrected chi connectivity index (χ3v) is 5.70. The molecule has 1 N–H and O–H groups in total. The van der Waals surface area contributed by atoms with Gasteiger partial charge < -0.3 is 10.1 Å². The summed E-state index contributed by atoms with van der Waals surface area (Å²) < 4.78 is 7.42. The van der Waals surface area contributed by atoms with Gasteiger partial charge in [-0.15, -0.1) is 5.10 Å². The average molecular weight is 410 g/mol. The lowest BCUT2D eigenvalue weighted by Gasteiger charge is -2.12. The first-order valence-electron chi connectivity index (χ1n) is 9.74. The number of amides is 1. The first kappa shape index (κ1) is 19.6. The van der Waals surface area contributed by atoms with Crippen LogP contribution in [0.5, 0.6) is 0 Å². The molecule has 0 radical (unpaired) electrons. The molecular formula is C21H23N5O2S. The Morgan fingerprint density at radius 3 is 2.83 bits per heavy atom. The zero-order chi connectivity index (χ0) is 19.9. The summed E-state index contributed by atoms with van der Waals surface area (Å²) in [5.74, 6) is 0.574. The van der Waals surface area contributed by atoms with Crippen LogP contribution in [0.3, 0.4) is 0 Å². The van der Waals surface area contributed by atoms with Crippen LogP contribution in [0.25, 0.3) is 11.1 Å². The number of carbonyl (C=O) groups excluding carboxylic acids is 1. The van der Waals surface area contributed by atoms with E-state index in [0.717, 1.165) is 41.4 Å². The van der Waals surface area contributed by atoms with E-state index in [4.69, 9.17) is 4.74 Å². The van der Waals surface area contributed by atoms with Crippen LogP contribution in [0.1, 0.15) is 19.3 Å². The maximum Gasteiger partial charge on any atom is 0.225 e. The first-order valence-corrected chi connectivity index (χ1v) is 10.7. The number of aromatic nitrogens is 4. The third kappa shape index (κ3) is 5.21. The molecule has 3 aromatic rings. The van der Waals surface area contributed by atoms with E-state index in [2.05, 4.69) is 20.8 Å². The predicted octanol–water partition coefficient (Wildman–Crippen LogP) is 3.64. The van der Waals surface area contributed by atoms with E-state index in [-0.39, 0.29) is 12.0 Å². The fourth-order valence-corrected chi connectivity index (χ4v) is 4.13. The van der Waals surface area contributed by atoms with Gasteiger partial charge in [-0.25, -0.2) is 4.68 Å². The highest BCUT2D eigenvalue weighted by atomic mass is 32.2. The molecule has 7 nitrogen and oxygen atoms in total. The van der Waals surface area contributed by atoms with Crippen LogP contribution in [0.2, 0.25) is 0 Å². The van der Waals surface area contributed by atoms with Crippen molar-refractivity contribution in [3.63, 3.8) is 0 Å². The van der Waals surface area contributed by atoms with Crippen molar-refractivity contribution in [3.05, 3.63) is 54.6 Å². The van der Waals surface area contributed by atoms with Crippen LogP contribution in [0.15, 0.2) is 59.8 Å². The van der Waals surface area contributed by atoms with Gasteiger partial charge in [0.1, 0.15) is 0 Å². The zero-order valence-corrected chi connectivity index (χ0v) is 16.8. The number of carbonyl (C=O) groups is 1. The van der Waals surface area contributed by atoms with Crippen molar-refractivity contribution in [2.75, 3.05) is 17.7 Å². The number of anilines is 1. The molecule has 0 aliphatic carbocycles. The van der Waals surface area contributed by atoms with Crippen LogP contribution in [0.4, 0.5) is 5.69 Å². The summed E-state index contributed by atoms with van der Waals surface area (Å²) in [6.45, 7) is 1.46. The summed E-state index contributed by atoms with van der Waals surface area (Å²) in [7, 11) is 0. The lowest BCUT2D eigenvalue weighted by Crippen LogP contribution is -2.17. The maximum atomic E-state index is 12.5. The molecule has 150 valence electrons. The second kappa shape index (κ2) is 9.67. The average Bonchev–Trinajstić information content (AvgIpc) is 3.42. The highest BCUT2D eigenvalue weighted by Gasteiger charge is 2.19. The number of benzene rings is 2. The molecule has 1 unspecified atom stereocenters. The van der Waals surface area contributed by atoms with Gasteiger partial charge in [-0.3, -0.25) is 4.79 Å². The van der Waals surface area contributed by atoms with Crippen LogP contribution >= 0.6 is 11.8 Å². The molecule has 1 saturated heterocycles. The van der Waals surface area contributed by atoms with Gasteiger partial charge in [0, 0.05) is 30.0 Å². The van der Waals surface area contributed by atoms with E-state index < -0.39 is 0 Å². The molecule has 29 heavy (non-hydrogen) atoms. The summed E-state index contributed by atoms with van der Waals surface area (Å²) in [6, 6.07) is 17.9. The Morgan fingerprint density at radius 2 is 2.00 bits per heavy atom. The zero-order valence-electron chi connectivity index (χ0n) is 16.0. The number of hydrogen-bond acceptors (Lipinski definition) is 6. The van der Waals surface area contributed by atoms with Crippen LogP contribution in [0, 0.1) is 0 Å². The van der Waals surface area contributed by atoms with Crippen molar-refractivity contribution in [1.29, 1.82) is 0 Å². The largest absolute Gasteiger partial charge is 0.376 e. The Hall–Kier alpha value is -2.71. The quantitative estimate of drug-likeness (QED) is 0.572. The van der Waals surface area contributed by atoms with Crippen molar-refractivity contribution in [2.24, 2.45) is 0 Å². The Morgan fingerprint density at radius 1 is 1.17 bits per heavy atom.